The summed E-state index contributed by atoms with van der Waals surface area (Å²) in [6.45, 7) is 14.1. The molecule has 2 aliphatic rings. The molecule has 3 rings (SSSR count). The minimum Gasteiger partial charge on any atom is -0.460 e. The monoisotopic (exact) mass is 674 g/mol. The molecule has 12 nitrogen and oxygen atoms in total. The molecule has 0 spiro atoms. The molecule has 0 radical (unpaired) electrons. The van der Waals surface area contributed by atoms with E-state index in [0.717, 1.165) is 19.4 Å². The van der Waals surface area contributed by atoms with Gasteiger partial charge in [-0.15, -0.1) is 0 Å². The number of allylic oxidation sites excluding steroid dienone is 2. The Hall–Kier alpha value is -3.42. The summed E-state index contributed by atoms with van der Waals surface area (Å²) in [7, 11) is -1.45. The maximum absolute atomic E-state index is 14.0. The number of carbonyl (C=O) groups is 4. The maximum Gasteiger partial charge on any atom is 0.330 e. The summed E-state index contributed by atoms with van der Waals surface area (Å²) in [5.41, 5.74) is 0.628. The number of oxazole rings is 1. The summed E-state index contributed by atoms with van der Waals surface area (Å²) in [5.74, 6) is -2.05. The van der Waals surface area contributed by atoms with Gasteiger partial charge in [-0.1, -0.05) is 64.5 Å². The highest BCUT2D eigenvalue weighted by molar-refractivity contribution is 7.85. The van der Waals surface area contributed by atoms with Crippen LogP contribution in [-0.4, -0.2) is 110 Å². The first-order chi connectivity index (χ1) is 22.3. The minimum atomic E-state index is -1.45. The smallest absolute Gasteiger partial charge is 0.330 e. The van der Waals surface area contributed by atoms with Crippen LogP contribution in [0.25, 0.3) is 0 Å². The highest BCUT2D eigenvalue weighted by Gasteiger charge is 2.47. The quantitative estimate of drug-likeness (QED) is 0.412. The number of nitrogens with zero attached hydrogens (tertiary/aromatic N) is 3. The number of esters is 1. The first-order valence-electron chi connectivity index (χ1n) is 16.4. The summed E-state index contributed by atoms with van der Waals surface area (Å²) in [4.78, 5) is 60.7. The van der Waals surface area contributed by atoms with Gasteiger partial charge in [0, 0.05) is 48.5 Å². The summed E-state index contributed by atoms with van der Waals surface area (Å²) < 4.78 is 25.2. The zero-order valence-electron chi connectivity index (χ0n) is 28.3. The molecule has 1 fully saturated rings. The average Bonchev–Trinajstić information content (AvgIpc) is 3.68. The molecule has 1 aromatic heterocycles. The van der Waals surface area contributed by atoms with E-state index in [-0.39, 0.29) is 61.0 Å². The number of aliphatic hydroxyl groups excluding tert-OH is 1. The normalized spacial score (nSPS) is 28.7. The number of carbonyl (C=O) groups excluding carboxylic acids is 4. The van der Waals surface area contributed by atoms with Crippen LogP contribution < -0.4 is 5.32 Å². The van der Waals surface area contributed by atoms with Crippen molar-refractivity contribution in [1.82, 2.24) is 20.1 Å². The van der Waals surface area contributed by atoms with Gasteiger partial charge in [0.1, 0.15) is 24.2 Å². The van der Waals surface area contributed by atoms with E-state index < -0.39 is 46.2 Å². The third kappa shape index (κ3) is 11.1. The van der Waals surface area contributed by atoms with Crippen molar-refractivity contribution in [2.24, 2.45) is 11.8 Å². The number of amides is 2. The predicted octanol–water partition coefficient (Wildman–Crippen LogP) is 2.60. The molecule has 0 aliphatic carbocycles. The number of nitrogens with one attached hydrogen (secondary N) is 1. The Labute approximate surface area is 280 Å². The van der Waals surface area contributed by atoms with Crippen molar-refractivity contribution in [3.05, 3.63) is 53.8 Å². The van der Waals surface area contributed by atoms with Gasteiger partial charge < -0.3 is 29.4 Å². The molecule has 13 heteroatoms. The first kappa shape index (κ1) is 38.0. The molecule has 3 heterocycles. The van der Waals surface area contributed by atoms with Crippen LogP contribution in [0.3, 0.4) is 0 Å². The van der Waals surface area contributed by atoms with Crippen LogP contribution in [0.5, 0.6) is 0 Å². The van der Waals surface area contributed by atoms with E-state index in [1.54, 1.807) is 25.2 Å². The van der Waals surface area contributed by atoms with E-state index in [1.807, 2.05) is 34.6 Å². The topological polar surface area (TPSA) is 159 Å². The molecule has 2 N–H and O–H groups in total. The van der Waals surface area contributed by atoms with Crippen LogP contribution in [0.1, 0.15) is 70.8 Å². The van der Waals surface area contributed by atoms with Gasteiger partial charge in [0.2, 0.25) is 11.8 Å². The third-order valence-corrected chi connectivity index (χ3v) is 10.2. The zero-order chi connectivity index (χ0) is 34.7. The number of hydrogen-bond donors (Lipinski definition) is 2. The molecule has 6 atom stereocenters. The standard InChI is InChI=1S/C34H50N4O8S/c1-7-37(8-2)16-17-47(44)28-13-15-38-31(28)34(43)46-32(22(3)4)24(6)11-12-29(41)35-14-9-10-23(5)18-25(39)19-26(40)20-30-36-27(21-45-30)33(38)42/h9-12,18,21-22,24-25,28,31-32,39H,7-8,13-17,19-20H2,1-6H3,(H,35,41)/b10-9+,12-11+,23-18+/t24?,25-,28-,31-,32?,47?/m1/s1. The number of cyclic esters (lactones) is 1. The molecule has 1 aromatic rings. The lowest BCUT2D eigenvalue weighted by molar-refractivity contribution is -0.157. The van der Waals surface area contributed by atoms with E-state index >= 15 is 0 Å². The lowest BCUT2D eigenvalue weighted by Crippen LogP contribution is -2.49. The Kier molecular flexibility index (Phi) is 14.7. The molecule has 2 bridgehead atoms. The largest absolute Gasteiger partial charge is 0.460 e. The van der Waals surface area contributed by atoms with Gasteiger partial charge in [0.25, 0.3) is 5.91 Å². The summed E-state index contributed by atoms with van der Waals surface area (Å²) >= 11 is 0. The Morgan fingerprint density at radius 3 is 2.57 bits per heavy atom. The highest BCUT2D eigenvalue weighted by atomic mass is 32.2. The number of aliphatic hydroxyl groups is 1. The van der Waals surface area contributed by atoms with Gasteiger partial charge in [-0.25, -0.2) is 9.78 Å². The minimum absolute atomic E-state index is 0.0124. The number of Topliss-reactive ketones (excluding diaryl/α,β-unsaturated/α-hetero) is 1. The van der Waals surface area contributed by atoms with Gasteiger partial charge in [-0.2, -0.15) is 0 Å². The van der Waals surface area contributed by atoms with Gasteiger partial charge in [-0.3, -0.25) is 18.6 Å². The van der Waals surface area contributed by atoms with Crippen LogP contribution in [0.15, 0.2) is 46.6 Å². The summed E-state index contributed by atoms with van der Waals surface area (Å²) in [5, 5.41) is 12.5. The van der Waals surface area contributed by atoms with Crippen LogP contribution in [0.4, 0.5) is 0 Å². The zero-order valence-corrected chi connectivity index (χ0v) is 29.2. The molecular weight excluding hydrogens is 624 g/mol. The van der Waals surface area contributed by atoms with E-state index in [0.29, 0.717) is 24.3 Å². The van der Waals surface area contributed by atoms with Crippen molar-refractivity contribution >= 4 is 34.4 Å². The number of hydrogen-bond acceptors (Lipinski definition) is 10. The Morgan fingerprint density at radius 1 is 1.17 bits per heavy atom. The fourth-order valence-corrected chi connectivity index (χ4v) is 7.51. The number of fused-ring (bicyclic) bond motifs is 3. The fourth-order valence-electron chi connectivity index (χ4n) is 5.85. The SMILES string of the molecule is CCN(CC)CCS(=O)[C@@H]1CCN2C(=O)c3coc(n3)CC(=O)C[C@H](O)/C=C(C)/C=C/CNC(=O)/C=C/C(C)C(C(C)C)OC(=O)[C@@H]12. The van der Waals surface area contributed by atoms with Crippen molar-refractivity contribution in [3.63, 3.8) is 0 Å². The predicted molar refractivity (Wildman–Crippen MR) is 179 cm³/mol. The van der Waals surface area contributed by atoms with Gasteiger partial charge in [0.15, 0.2) is 5.69 Å². The molecule has 260 valence electrons. The average molecular weight is 675 g/mol. The second-order valence-electron chi connectivity index (χ2n) is 12.4. The molecule has 1 saturated heterocycles. The lowest BCUT2D eigenvalue weighted by atomic mass is 9.94. The van der Waals surface area contributed by atoms with Crippen molar-refractivity contribution in [1.29, 1.82) is 0 Å². The van der Waals surface area contributed by atoms with Crippen LogP contribution in [0, 0.1) is 11.8 Å². The molecule has 2 aliphatic heterocycles. The van der Waals surface area contributed by atoms with E-state index in [2.05, 4.69) is 15.2 Å². The van der Waals surface area contributed by atoms with E-state index in [9.17, 15) is 28.5 Å². The summed E-state index contributed by atoms with van der Waals surface area (Å²) in [6, 6.07) is -1.12. The van der Waals surface area contributed by atoms with Crippen LogP contribution in [0.2, 0.25) is 0 Å². The molecule has 2 amide bonds. The van der Waals surface area contributed by atoms with Crippen molar-refractivity contribution in [2.75, 3.05) is 38.5 Å². The van der Waals surface area contributed by atoms with Gasteiger partial charge >= 0.3 is 5.97 Å². The Balaban J connectivity index is 1.96. The maximum atomic E-state index is 14.0. The molecule has 3 unspecified atom stereocenters. The number of ether oxygens (including phenoxy) is 1. The molecule has 47 heavy (non-hydrogen) atoms. The number of rotatable bonds is 7. The molecule has 0 saturated carbocycles. The first-order valence-corrected chi connectivity index (χ1v) is 17.8. The van der Waals surface area contributed by atoms with Gasteiger partial charge in [0.05, 0.1) is 17.8 Å². The second-order valence-corrected chi connectivity index (χ2v) is 14.2. The third-order valence-electron chi connectivity index (χ3n) is 8.45. The van der Waals surface area contributed by atoms with Crippen molar-refractivity contribution in [2.45, 2.75) is 84.3 Å². The number of aromatic nitrogens is 1. The van der Waals surface area contributed by atoms with Crippen LogP contribution >= 0.6 is 0 Å². The molecule has 0 aromatic carbocycles. The molecular formula is C34H50N4O8S. The van der Waals surface area contributed by atoms with E-state index in [4.69, 9.17) is 9.15 Å². The van der Waals surface area contributed by atoms with Crippen molar-refractivity contribution in [3.8, 4) is 0 Å². The fraction of sp³-hybridized carbons (Fsp3) is 0.618. The second kappa shape index (κ2) is 18.2. The Morgan fingerprint density at radius 2 is 1.89 bits per heavy atom. The highest BCUT2D eigenvalue weighted by Crippen LogP contribution is 2.29. The number of ketones is 1. The van der Waals surface area contributed by atoms with Gasteiger partial charge in [-0.05, 0) is 38.4 Å². The van der Waals surface area contributed by atoms with Crippen LogP contribution in [-0.2, 0) is 36.3 Å². The van der Waals surface area contributed by atoms with Crippen molar-refractivity contribution < 1.29 is 37.6 Å². The Bertz CT molecular complexity index is 1370. The summed E-state index contributed by atoms with van der Waals surface area (Å²) in [6.07, 6.45) is 7.46. The lowest BCUT2D eigenvalue weighted by Gasteiger charge is -2.31. The van der Waals surface area contributed by atoms with E-state index in [1.165, 1.54) is 17.1 Å².